The van der Waals surface area contributed by atoms with Gasteiger partial charge in [0.25, 0.3) is 0 Å². The van der Waals surface area contributed by atoms with Crippen molar-refractivity contribution in [2.24, 2.45) is 0 Å². The van der Waals surface area contributed by atoms with Gasteiger partial charge < -0.3 is 15.5 Å². The van der Waals surface area contributed by atoms with Gasteiger partial charge in [-0.15, -0.1) is 0 Å². The van der Waals surface area contributed by atoms with Crippen LogP contribution in [-0.4, -0.2) is 34.5 Å². The lowest BCUT2D eigenvalue weighted by molar-refractivity contribution is 0.116. The van der Waals surface area contributed by atoms with Gasteiger partial charge in [-0.3, -0.25) is 0 Å². The Morgan fingerprint density at radius 2 is 2.42 bits per heavy atom. The highest BCUT2D eigenvalue weighted by atomic mass is 16.3. The summed E-state index contributed by atoms with van der Waals surface area (Å²) < 4.78 is 0. The molecule has 1 heterocycles. The van der Waals surface area contributed by atoms with Crippen LogP contribution in [0.5, 0.6) is 0 Å². The van der Waals surface area contributed by atoms with Gasteiger partial charge in [0.15, 0.2) is 0 Å². The molecule has 3 N–H and O–H groups in total. The maximum Gasteiger partial charge on any atom is 0.0905 e. The lowest BCUT2D eigenvalue weighted by Gasteiger charge is -2.28. The standard InChI is InChI=1S/C9H15NO2/c11-6-7-3-5-9(10-7)4-1-2-8(9)12/h1-2,7-8,10-12H,3-6H2/t7-,8-,9-/m0/s1. The average molecular weight is 169 g/mol. The highest BCUT2D eigenvalue weighted by Gasteiger charge is 2.44. The summed E-state index contributed by atoms with van der Waals surface area (Å²) in [5, 5.41) is 21.9. The van der Waals surface area contributed by atoms with Gasteiger partial charge in [-0.05, 0) is 19.3 Å². The van der Waals surface area contributed by atoms with Crippen molar-refractivity contribution in [3.05, 3.63) is 12.2 Å². The van der Waals surface area contributed by atoms with Crippen LogP contribution >= 0.6 is 0 Å². The van der Waals surface area contributed by atoms with E-state index in [-0.39, 0.29) is 24.3 Å². The van der Waals surface area contributed by atoms with E-state index in [1.54, 1.807) is 0 Å². The fourth-order valence-corrected chi connectivity index (χ4v) is 2.23. The predicted octanol–water partition coefficient (Wildman–Crippen LogP) is -0.210. The van der Waals surface area contributed by atoms with Gasteiger partial charge in [0.05, 0.1) is 18.2 Å². The minimum Gasteiger partial charge on any atom is -0.395 e. The molecule has 1 aliphatic carbocycles. The van der Waals surface area contributed by atoms with E-state index in [9.17, 15) is 5.11 Å². The van der Waals surface area contributed by atoms with E-state index in [2.05, 4.69) is 5.32 Å². The van der Waals surface area contributed by atoms with Crippen molar-refractivity contribution in [1.29, 1.82) is 0 Å². The van der Waals surface area contributed by atoms with Gasteiger partial charge in [-0.1, -0.05) is 12.2 Å². The van der Waals surface area contributed by atoms with Crippen LogP contribution in [0.3, 0.4) is 0 Å². The third-order valence-electron chi connectivity index (χ3n) is 3.02. The topological polar surface area (TPSA) is 52.5 Å². The number of nitrogens with one attached hydrogen (secondary N) is 1. The molecule has 0 aromatic rings. The largest absolute Gasteiger partial charge is 0.395 e. The molecule has 0 aromatic heterocycles. The van der Waals surface area contributed by atoms with Crippen LogP contribution in [0.15, 0.2) is 12.2 Å². The fourth-order valence-electron chi connectivity index (χ4n) is 2.23. The Bertz CT molecular complexity index is 205. The third-order valence-corrected chi connectivity index (χ3v) is 3.02. The van der Waals surface area contributed by atoms with Gasteiger partial charge in [0.1, 0.15) is 0 Å². The Morgan fingerprint density at radius 1 is 1.58 bits per heavy atom. The van der Waals surface area contributed by atoms with E-state index < -0.39 is 0 Å². The number of hydrogen-bond acceptors (Lipinski definition) is 3. The summed E-state index contributed by atoms with van der Waals surface area (Å²) in [5.74, 6) is 0. The van der Waals surface area contributed by atoms with Gasteiger partial charge in [0, 0.05) is 6.04 Å². The summed E-state index contributed by atoms with van der Waals surface area (Å²) in [4.78, 5) is 0. The van der Waals surface area contributed by atoms with E-state index >= 15 is 0 Å². The molecule has 1 aliphatic heterocycles. The first-order valence-corrected chi connectivity index (χ1v) is 4.50. The molecular weight excluding hydrogens is 154 g/mol. The minimum absolute atomic E-state index is 0.145. The first-order chi connectivity index (χ1) is 5.77. The summed E-state index contributed by atoms with van der Waals surface area (Å²) in [6, 6.07) is 0.180. The summed E-state index contributed by atoms with van der Waals surface area (Å²) in [6.45, 7) is 0.175. The minimum atomic E-state index is -0.367. The summed E-state index contributed by atoms with van der Waals surface area (Å²) in [5.41, 5.74) is -0.145. The SMILES string of the molecule is OC[C@@H]1CC[C@]2(CC=C[C@@H]2O)N1. The molecule has 3 heteroatoms. The molecule has 0 unspecified atom stereocenters. The number of aliphatic hydroxyl groups excluding tert-OH is 2. The maximum absolute atomic E-state index is 9.66. The first kappa shape index (κ1) is 8.23. The summed E-state index contributed by atoms with van der Waals surface area (Å²) in [6.07, 6.45) is 6.31. The Labute approximate surface area is 72.1 Å². The Kier molecular flexibility index (Phi) is 1.94. The predicted molar refractivity (Wildman–Crippen MR) is 45.7 cm³/mol. The molecule has 1 spiro atoms. The number of aliphatic hydroxyl groups is 2. The van der Waals surface area contributed by atoms with Crippen molar-refractivity contribution in [2.75, 3.05) is 6.61 Å². The molecular formula is C9H15NO2. The van der Waals surface area contributed by atoms with Crippen LogP contribution in [0, 0.1) is 0 Å². The summed E-state index contributed by atoms with van der Waals surface area (Å²) in [7, 11) is 0. The molecule has 2 aliphatic rings. The van der Waals surface area contributed by atoms with Crippen molar-refractivity contribution >= 4 is 0 Å². The third kappa shape index (κ3) is 1.09. The van der Waals surface area contributed by atoms with Crippen LogP contribution < -0.4 is 5.32 Å². The number of rotatable bonds is 1. The van der Waals surface area contributed by atoms with Crippen molar-refractivity contribution in [3.8, 4) is 0 Å². The second-order valence-corrected chi connectivity index (χ2v) is 3.80. The van der Waals surface area contributed by atoms with E-state index in [1.807, 2.05) is 12.2 Å². The number of hydrogen-bond donors (Lipinski definition) is 3. The van der Waals surface area contributed by atoms with Crippen molar-refractivity contribution in [2.45, 2.75) is 36.9 Å². The molecule has 1 fully saturated rings. The highest BCUT2D eigenvalue weighted by molar-refractivity contribution is 5.18. The monoisotopic (exact) mass is 169 g/mol. The van der Waals surface area contributed by atoms with Crippen LogP contribution in [0.2, 0.25) is 0 Å². The first-order valence-electron chi connectivity index (χ1n) is 4.50. The van der Waals surface area contributed by atoms with Crippen molar-refractivity contribution < 1.29 is 10.2 Å². The second kappa shape index (κ2) is 2.83. The van der Waals surface area contributed by atoms with Gasteiger partial charge in [-0.25, -0.2) is 0 Å². The highest BCUT2D eigenvalue weighted by Crippen LogP contribution is 2.34. The van der Waals surface area contributed by atoms with Gasteiger partial charge in [0.2, 0.25) is 0 Å². The molecule has 12 heavy (non-hydrogen) atoms. The zero-order valence-electron chi connectivity index (χ0n) is 7.03. The summed E-state index contributed by atoms with van der Waals surface area (Å²) >= 11 is 0. The molecule has 2 rings (SSSR count). The van der Waals surface area contributed by atoms with E-state index in [0.717, 1.165) is 19.3 Å². The lowest BCUT2D eigenvalue weighted by Crippen LogP contribution is -2.49. The van der Waals surface area contributed by atoms with Crippen molar-refractivity contribution in [3.63, 3.8) is 0 Å². The maximum atomic E-state index is 9.66. The van der Waals surface area contributed by atoms with Crippen molar-refractivity contribution in [1.82, 2.24) is 5.32 Å². The van der Waals surface area contributed by atoms with E-state index in [1.165, 1.54) is 0 Å². The molecule has 3 atom stereocenters. The van der Waals surface area contributed by atoms with Crippen LogP contribution in [0.1, 0.15) is 19.3 Å². The smallest absolute Gasteiger partial charge is 0.0905 e. The fraction of sp³-hybridized carbons (Fsp3) is 0.778. The Hall–Kier alpha value is -0.380. The average Bonchev–Trinajstić information content (AvgIpc) is 2.63. The molecule has 0 saturated carbocycles. The normalized spacial score (nSPS) is 46.2. The van der Waals surface area contributed by atoms with Crippen LogP contribution in [0.25, 0.3) is 0 Å². The van der Waals surface area contributed by atoms with Gasteiger partial charge in [-0.2, -0.15) is 0 Å². The molecule has 3 nitrogen and oxygen atoms in total. The molecule has 0 amide bonds. The zero-order chi connectivity index (χ0) is 8.60. The van der Waals surface area contributed by atoms with Crippen LogP contribution in [0.4, 0.5) is 0 Å². The molecule has 68 valence electrons. The van der Waals surface area contributed by atoms with E-state index in [4.69, 9.17) is 5.11 Å². The molecule has 1 saturated heterocycles. The quantitative estimate of drug-likeness (QED) is 0.476. The molecule has 0 aromatic carbocycles. The van der Waals surface area contributed by atoms with Gasteiger partial charge >= 0.3 is 0 Å². The second-order valence-electron chi connectivity index (χ2n) is 3.80. The zero-order valence-corrected chi connectivity index (χ0v) is 7.03. The van der Waals surface area contributed by atoms with Crippen LogP contribution in [-0.2, 0) is 0 Å². The Balaban J connectivity index is 2.05. The molecule has 0 bridgehead atoms. The molecule has 0 radical (unpaired) electrons. The lowest BCUT2D eigenvalue weighted by atomic mass is 9.92. The Morgan fingerprint density at radius 3 is 2.92 bits per heavy atom. The van der Waals surface area contributed by atoms with E-state index in [0.29, 0.717) is 0 Å².